The summed E-state index contributed by atoms with van der Waals surface area (Å²) in [6.45, 7) is 1.01. The van der Waals surface area contributed by atoms with Crippen LogP contribution in [0.2, 0.25) is 0 Å². The molecule has 92 valence electrons. The van der Waals surface area contributed by atoms with E-state index in [4.69, 9.17) is 15.6 Å². The highest BCUT2D eigenvalue weighted by molar-refractivity contribution is 5.74. The van der Waals surface area contributed by atoms with Crippen LogP contribution < -0.4 is 15.4 Å². The fourth-order valence-electron chi connectivity index (χ4n) is 1.89. The molecule has 1 atom stereocenters. The van der Waals surface area contributed by atoms with E-state index in [0.717, 1.165) is 24.5 Å². The molecule has 1 unspecified atom stereocenters. The molecular weight excluding hydrogens is 220 g/mol. The average molecular weight is 236 g/mol. The SMILES string of the molecule is CN(CC(N)C(=O)O)c1ccc2c(c1)CCO2. The molecule has 17 heavy (non-hydrogen) atoms. The highest BCUT2D eigenvalue weighted by Gasteiger charge is 2.17. The molecule has 0 amide bonds. The predicted molar refractivity (Wildman–Crippen MR) is 64.5 cm³/mol. The Hall–Kier alpha value is -1.75. The van der Waals surface area contributed by atoms with Crippen LogP contribution in [0.5, 0.6) is 5.75 Å². The highest BCUT2D eigenvalue weighted by Crippen LogP contribution is 2.29. The van der Waals surface area contributed by atoms with Gasteiger partial charge in [-0.25, -0.2) is 0 Å². The summed E-state index contributed by atoms with van der Waals surface area (Å²) in [5.74, 6) is -0.0639. The van der Waals surface area contributed by atoms with E-state index in [0.29, 0.717) is 0 Å². The molecule has 0 aliphatic carbocycles. The molecular formula is C12H16N2O3. The fraction of sp³-hybridized carbons (Fsp3) is 0.417. The molecule has 5 nitrogen and oxygen atoms in total. The number of anilines is 1. The van der Waals surface area contributed by atoms with E-state index in [1.54, 1.807) is 0 Å². The number of aliphatic carboxylic acids is 1. The van der Waals surface area contributed by atoms with Crippen LogP contribution in [0.3, 0.4) is 0 Å². The monoisotopic (exact) mass is 236 g/mol. The maximum atomic E-state index is 10.7. The van der Waals surface area contributed by atoms with Gasteiger partial charge in [0.15, 0.2) is 0 Å². The van der Waals surface area contributed by atoms with Gasteiger partial charge in [-0.3, -0.25) is 4.79 Å². The van der Waals surface area contributed by atoms with Gasteiger partial charge in [-0.05, 0) is 23.8 Å². The van der Waals surface area contributed by atoms with Gasteiger partial charge in [-0.2, -0.15) is 0 Å². The lowest BCUT2D eigenvalue weighted by Gasteiger charge is -2.21. The zero-order chi connectivity index (χ0) is 12.4. The van der Waals surface area contributed by atoms with Crippen LogP contribution in [0.4, 0.5) is 5.69 Å². The van der Waals surface area contributed by atoms with Crippen molar-refractivity contribution in [2.45, 2.75) is 12.5 Å². The van der Waals surface area contributed by atoms with Crippen LogP contribution in [-0.2, 0) is 11.2 Å². The summed E-state index contributed by atoms with van der Waals surface area (Å²) in [5.41, 5.74) is 7.63. The van der Waals surface area contributed by atoms with Crippen LogP contribution in [-0.4, -0.2) is 37.3 Å². The first-order chi connectivity index (χ1) is 8.08. The van der Waals surface area contributed by atoms with Gasteiger partial charge in [0.05, 0.1) is 6.61 Å². The lowest BCUT2D eigenvalue weighted by molar-refractivity contribution is -0.138. The third-order valence-electron chi connectivity index (χ3n) is 2.90. The van der Waals surface area contributed by atoms with Crippen molar-refractivity contribution < 1.29 is 14.6 Å². The molecule has 0 saturated heterocycles. The van der Waals surface area contributed by atoms with Gasteiger partial charge < -0.3 is 20.5 Å². The van der Waals surface area contributed by atoms with Crippen LogP contribution in [0, 0.1) is 0 Å². The Morgan fingerprint density at radius 3 is 3.12 bits per heavy atom. The van der Waals surface area contributed by atoms with Crippen molar-refractivity contribution in [1.82, 2.24) is 0 Å². The number of carbonyl (C=O) groups is 1. The van der Waals surface area contributed by atoms with E-state index in [1.807, 2.05) is 30.1 Å². The molecule has 1 heterocycles. The number of fused-ring (bicyclic) bond motifs is 1. The first-order valence-corrected chi connectivity index (χ1v) is 5.53. The van der Waals surface area contributed by atoms with Crippen molar-refractivity contribution in [3.8, 4) is 5.75 Å². The summed E-state index contributed by atoms with van der Waals surface area (Å²) in [6.07, 6.45) is 0.905. The largest absolute Gasteiger partial charge is 0.493 e. The van der Waals surface area contributed by atoms with Gasteiger partial charge in [0, 0.05) is 25.7 Å². The second kappa shape index (κ2) is 4.63. The summed E-state index contributed by atoms with van der Waals surface area (Å²) in [6, 6.07) is 4.99. The number of carboxylic acid groups (broad SMARTS) is 1. The maximum Gasteiger partial charge on any atom is 0.322 e. The van der Waals surface area contributed by atoms with Crippen molar-refractivity contribution in [3.63, 3.8) is 0 Å². The minimum absolute atomic E-state index is 0.287. The van der Waals surface area contributed by atoms with Gasteiger partial charge >= 0.3 is 5.97 Å². The number of hydrogen-bond donors (Lipinski definition) is 2. The van der Waals surface area contributed by atoms with Gasteiger partial charge in [-0.1, -0.05) is 0 Å². The van der Waals surface area contributed by atoms with Crippen LogP contribution in [0.1, 0.15) is 5.56 Å². The molecule has 1 aliphatic rings. The molecule has 0 radical (unpaired) electrons. The summed E-state index contributed by atoms with van der Waals surface area (Å²) in [4.78, 5) is 12.5. The topological polar surface area (TPSA) is 75.8 Å². The van der Waals surface area contributed by atoms with Crippen LogP contribution in [0.15, 0.2) is 18.2 Å². The highest BCUT2D eigenvalue weighted by atomic mass is 16.5. The molecule has 0 bridgehead atoms. The third-order valence-corrected chi connectivity index (χ3v) is 2.90. The Morgan fingerprint density at radius 2 is 2.41 bits per heavy atom. The van der Waals surface area contributed by atoms with Gasteiger partial charge in [0.1, 0.15) is 11.8 Å². The number of rotatable bonds is 4. The standard InChI is InChI=1S/C12H16N2O3/c1-14(7-10(13)12(15)16)9-2-3-11-8(6-9)4-5-17-11/h2-3,6,10H,4-5,7,13H2,1H3,(H,15,16). The van der Waals surface area contributed by atoms with Gasteiger partial charge in [-0.15, -0.1) is 0 Å². The Labute approximate surface area is 99.8 Å². The summed E-state index contributed by atoms with van der Waals surface area (Å²) >= 11 is 0. The molecule has 1 aromatic rings. The Balaban J connectivity index is 2.09. The van der Waals surface area contributed by atoms with E-state index < -0.39 is 12.0 Å². The summed E-state index contributed by atoms with van der Waals surface area (Å²) < 4.78 is 5.42. The van der Waals surface area contributed by atoms with Crippen LogP contribution in [0.25, 0.3) is 0 Å². The molecule has 3 N–H and O–H groups in total. The predicted octanol–water partition coefficient (Wildman–Crippen LogP) is 0.470. The molecule has 2 rings (SSSR count). The van der Waals surface area contributed by atoms with E-state index in [9.17, 15) is 4.79 Å². The first kappa shape index (κ1) is 11.7. The van der Waals surface area contributed by atoms with E-state index in [2.05, 4.69) is 0 Å². The zero-order valence-corrected chi connectivity index (χ0v) is 9.72. The summed E-state index contributed by atoms with van der Waals surface area (Å²) in [5, 5.41) is 8.76. The van der Waals surface area contributed by atoms with Crippen molar-refractivity contribution in [1.29, 1.82) is 0 Å². The minimum atomic E-state index is -0.985. The fourth-order valence-corrected chi connectivity index (χ4v) is 1.89. The zero-order valence-electron chi connectivity index (χ0n) is 9.72. The number of benzene rings is 1. The Morgan fingerprint density at radius 1 is 1.65 bits per heavy atom. The number of nitrogens with zero attached hydrogens (tertiary/aromatic N) is 1. The quantitative estimate of drug-likeness (QED) is 0.794. The maximum absolute atomic E-state index is 10.7. The van der Waals surface area contributed by atoms with Crippen molar-refractivity contribution in [2.24, 2.45) is 5.73 Å². The Kier molecular flexibility index (Phi) is 3.19. The van der Waals surface area contributed by atoms with Gasteiger partial charge in [0.25, 0.3) is 0 Å². The number of hydrogen-bond acceptors (Lipinski definition) is 4. The second-order valence-electron chi connectivity index (χ2n) is 4.22. The molecule has 0 saturated carbocycles. The van der Waals surface area contributed by atoms with E-state index in [-0.39, 0.29) is 6.54 Å². The number of likely N-dealkylation sites (N-methyl/N-ethyl adjacent to an activating group) is 1. The average Bonchev–Trinajstić information content (AvgIpc) is 2.75. The van der Waals surface area contributed by atoms with Crippen molar-refractivity contribution >= 4 is 11.7 Å². The molecule has 1 aromatic carbocycles. The smallest absolute Gasteiger partial charge is 0.322 e. The van der Waals surface area contributed by atoms with Crippen molar-refractivity contribution in [3.05, 3.63) is 23.8 Å². The third kappa shape index (κ3) is 2.50. The van der Waals surface area contributed by atoms with Crippen LogP contribution >= 0.6 is 0 Å². The van der Waals surface area contributed by atoms with Gasteiger partial charge in [0.2, 0.25) is 0 Å². The minimum Gasteiger partial charge on any atom is -0.493 e. The van der Waals surface area contributed by atoms with E-state index in [1.165, 1.54) is 5.56 Å². The lowest BCUT2D eigenvalue weighted by atomic mass is 10.1. The molecule has 0 aromatic heterocycles. The second-order valence-corrected chi connectivity index (χ2v) is 4.22. The molecule has 1 aliphatic heterocycles. The Bertz CT molecular complexity index is 434. The van der Waals surface area contributed by atoms with Crippen molar-refractivity contribution in [2.75, 3.05) is 25.1 Å². The molecule has 0 spiro atoms. The molecule has 5 heteroatoms. The normalized spacial score (nSPS) is 14.9. The summed E-state index contributed by atoms with van der Waals surface area (Å²) in [7, 11) is 1.83. The first-order valence-electron chi connectivity index (χ1n) is 5.53. The lowest BCUT2D eigenvalue weighted by Crippen LogP contribution is -2.41. The number of ether oxygens (including phenoxy) is 1. The number of nitrogens with two attached hydrogens (primary N) is 1. The van der Waals surface area contributed by atoms with E-state index >= 15 is 0 Å². The molecule has 0 fully saturated rings. The number of carboxylic acids is 1.